The molecule has 1 heterocycles. The zero-order valence-corrected chi connectivity index (χ0v) is 12.4. The molecule has 116 valence electrons. The second-order valence-electron chi connectivity index (χ2n) is 4.93. The summed E-state index contributed by atoms with van der Waals surface area (Å²) < 4.78 is 5.56. The fourth-order valence-electron chi connectivity index (χ4n) is 2.18. The third-order valence-corrected chi connectivity index (χ3v) is 3.29. The summed E-state index contributed by atoms with van der Waals surface area (Å²) in [5, 5.41) is 19.6. The summed E-state index contributed by atoms with van der Waals surface area (Å²) in [5.41, 5.74) is 1.95. The van der Waals surface area contributed by atoms with Crippen LogP contribution in [0.15, 0.2) is 54.7 Å². The molecule has 0 bridgehead atoms. The SMILES string of the molecule is Cc1cccc(OCc2cnn(-c3ccccc3)n2)c1[N+](=O)[O-]. The van der Waals surface area contributed by atoms with Crippen molar-refractivity contribution in [2.75, 3.05) is 0 Å². The van der Waals surface area contributed by atoms with E-state index >= 15 is 0 Å². The summed E-state index contributed by atoms with van der Waals surface area (Å²) in [7, 11) is 0. The van der Waals surface area contributed by atoms with Crippen LogP contribution in [0.25, 0.3) is 5.69 Å². The molecule has 0 aliphatic heterocycles. The Kier molecular flexibility index (Phi) is 4.01. The maximum atomic E-state index is 11.1. The highest BCUT2D eigenvalue weighted by Crippen LogP contribution is 2.30. The highest BCUT2D eigenvalue weighted by molar-refractivity contribution is 5.52. The zero-order chi connectivity index (χ0) is 16.2. The number of hydrogen-bond acceptors (Lipinski definition) is 5. The van der Waals surface area contributed by atoms with Crippen molar-refractivity contribution >= 4 is 5.69 Å². The molecule has 3 rings (SSSR count). The molecule has 23 heavy (non-hydrogen) atoms. The molecule has 0 aliphatic rings. The number of nitrogens with zero attached hydrogens (tertiary/aromatic N) is 4. The van der Waals surface area contributed by atoms with Gasteiger partial charge in [-0.25, -0.2) is 0 Å². The Labute approximate surface area is 132 Å². The number of nitro groups is 1. The van der Waals surface area contributed by atoms with Gasteiger partial charge in [0.1, 0.15) is 12.3 Å². The fraction of sp³-hybridized carbons (Fsp3) is 0.125. The molecular weight excluding hydrogens is 296 g/mol. The first-order valence-corrected chi connectivity index (χ1v) is 6.98. The van der Waals surface area contributed by atoms with Crippen LogP contribution < -0.4 is 4.74 Å². The smallest absolute Gasteiger partial charge is 0.313 e. The Morgan fingerprint density at radius 3 is 2.70 bits per heavy atom. The largest absolute Gasteiger partial charge is 0.480 e. The summed E-state index contributed by atoms with van der Waals surface area (Å²) in [4.78, 5) is 12.2. The van der Waals surface area contributed by atoms with E-state index in [1.807, 2.05) is 30.3 Å². The lowest BCUT2D eigenvalue weighted by Gasteiger charge is -2.06. The van der Waals surface area contributed by atoms with E-state index < -0.39 is 4.92 Å². The van der Waals surface area contributed by atoms with Gasteiger partial charge in [-0.15, -0.1) is 5.10 Å². The van der Waals surface area contributed by atoms with Gasteiger partial charge in [0.05, 0.1) is 16.8 Å². The zero-order valence-electron chi connectivity index (χ0n) is 12.4. The van der Waals surface area contributed by atoms with Gasteiger partial charge in [0, 0.05) is 5.56 Å². The van der Waals surface area contributed by atoms with E-state index in [1.165, 1.54) is 4.80 Å². The third-order valence-electron chi connectivity index (χ3n) is 3.29. The van der Waals surface area contributed by atoms with Crippen LogP contribution in [0.5, 0.6) is 5.75 Å². The average molecular weight is 310 g/mol. The topological polar surface area (TPSA) is 83.1 Å². The minimum Gasteiger partial charge on any atom is -0.480 e. The van der Waals surface area contributed by atoms with Crippen molar-refractivity contribution < 1.29 is 9.66 Å². The van der Waals surface area contributed by atoms with Gasteiger partial charge in [-0.3, -0.25) is 10.1 Å². The lowest BCUT2D eigenvalue weighted by molar-refractivity contribution is -0.386. The molecule has 0 N–H and O–H groups in total. The van der Waals surface area contributed by atoms with E-state index in [9.17, 15) is 10.1 Å². The third kappa shape index (κ3) is 3.18. The van der Waals surface area contributed by atoms with Crippen molar-refractivity contribution in [1.82, 2.24) is 15.0 Å². The van der Waals surface area contributed by atoms with Gasteiger partial charge in [0.2, 0.25) is 0 Å². The molecule has 0 aliphatic carbocycles. The van der Waals surface area contributed by atoms with Crippen LogP contribution in [0.4, 0.5) is 5.69 Å². The van der Waals surface area contributed by atoms with E-state index in [0.717, 1.165) is 5.69 Å². The van der Waals surface area contributed by atoms with Gasteiger partial charge >= 0.3 is 5.69 Å². The average Bonchev–Trinajstić information content (AvgIpc) is 3.02. The van der Waals surface area contributed by atoms with Crippen molar-refractivity contribution in [2.24, 2.45) is 0 Å². The molecule has 0 radical (unpaired) electrons. The highest BCUT2D eigenvalue weighted by atomic mass is 16.6. The van der Waals surface area contributed by atoms with Crippen LogP contribution >= 0.6 is 0 Å². The molecule has 0 fully saturated rings. The summed E-state index contributed by atoms with van der Waals surface area (Å²) in [6, 6.07) is 14.4. The monoisotopic (exact) mass is 310 g/mol. The molecule has 1 aromatic heterocycles. The van der Waals surface area contributed by atoms with Crippen LogP contribution in [-0.4, -0.2) is 19.9 Å². The fourth-order valence-corrected chi connectivity index (χ4v) is 2.18. The summed E-state index contributed by atoms with van der Waals surface area (Å²) in [6.45, 7) is 1.79. The van der Waals surface area contributed by atoms with Gasteiger partial charge in [0.25, 0.3) is 0 Å². The van der Waals surface area contributed by atoms with Crippen molar-refractivity contribution in [3.63, 3.8) is 0 Å². The molecule has 7 heteroatoms. The molecule has 0 saturated heterocycles. The Bertz CT molecular complexity index is 830. The predicted octanol–water partition coefficient (Wildman–Crippen LogP) is 3.06. The van der Waals surface area contributed by atoms with Gasteiger partial charge in [0.15, 0.2) is 5.75 Å². The van der Waals surface area contributed by atoms with Gasteiger partial charge < -0.3 is 4.74 Å². The number of rotatable bonds is 5. The van der Waals surface area contributed by atoms with E-state index in [1.54, 1.807) is 31.3 Å². The van der Waals surface area contributed by atoms with Crippen molar-refractivity contribution in [3.8, 4) is 11.4 Å². The second-order valence-corrected chi connectivity index (χ2v) is 4.93. The first kappa shape index (κ1) is 14.7. The van der Waals surface area contributed by atoms with Crippen LogP contribution in [0.1, 0.15) is 11.3 Å². The standard InChI is InChI=1S/C16H14N4O3/c1-12-6-5-9-15(16(12)20(21)22)23-11-13-10-17-19(18-13)14-7-3-2-4-8-14/h2-10H,11H2,1H3. The van der Waals surface area contributed by atoms with Crippen molar-refractivity contribution in [1.29, 1.82) is 0 Å². The van der Waals surface area contributed by atoms with E-state index in [2.05, 4.69) is 10.2 Å². The quantitative estimate of drug-likeness (QED) is 0.534. The number of benzene rings is 2. The van der Waals surface area contributed by atoms with Crippen LogP contribution in [-0.2, 0) is 6.61 Å². The van der Waals surface area contributed by atoms with Gasteiger partial charge in [-0.1, -0.05) is 30.3 Å². The lowest BCUT2D eigenvalue weighted by Crippen LogP contribution is -2.02. The number of nitro benzene ring substituents is 1. The first-order valence-electron chi connectivity index (χ1n) is 6.98. The molecular formula is C16H14N4O3. The molecule has 0 spiro atoms. The maximum Gasteiger partial charge on any atom is 0.313 e. The Morgan fingerprint density at radius 1 is 1.17 bits per heavy atom. The lowest BCUT2D eigenvalue weighted by atomic mass is 10.2. The molecule has 0 amide bonds. The molecule has 7 nitrogen and oxygen atoms in total. The summed E-state index contributed by atoms with van der Waals surface area (Å²) >= 11 is 0. The van der Waals surface area contributed by atoms with E-state index in [-0.39, 0.29) is 18.0 Å². The van der Waals surface area contributed by atoms with Gasteiger partial charge in [-0.05, 0) is 25.1 Å². The van der Waals surface area contributed by atoms with Crippen LogP contribution in [0.3, 0.4) is 0 Å². The van der Waals surface area contributed by atoms with Crippen LogP contribution in [0.2, 0.25) is 0 Å². The van der Waals surface area contributed by atoms with E-state index in [0.29, 0.717) is 11.3 Å². The first-order chi connectivity index (χ1) is 11.1. The van der Waals surface area contributed by atoms with E-state index in [4.69, 9.17) is 4.74 Å². The number of para-hydroxylation sites is 2. The number of ether oxygens (including phenoxy) is 1. The van der Waals surface area contributed by atoms with Crippen molar-refractivity contribution in [3.05, 3.63) is 76.1 Å². The molecule has 3 aromatic rings. The Balaban J connectivity index is 1.76. The number of aromatic nitrogens is 3. The highest BCUT2D eigenvalue weighted by Gasteiger charge is 2.18. The minimum atomic E-state index is -0.439. The second kappa shape index (κ2) is 6.27. The maximum absolute atomic E-state index is 11.1. The summed E-state index contributed by atoms with van der Waals surface area (Å²) in [6.07, 6.45) is 1.58. The Morgan fingerprint density at radius 2 is 1.96 bits per heavy atom. The number of aryl methyl sites for hydroxylation is 1. The molecule has 0 saturated carbocycles. The van der Waals surface area contributed by atoms with Gasteiger partial charge in [-0.2, -0.15) is 9.90 Å². The van der Waals surface area contributed by atoms with Crippen LogP contribution in [0, 0.1) is 17.0 Å². The minimum absolute atomic E-state index is 0.0250. The predicted molar refractivity (Wildman–Crippen MR) is 83.5 cm³/mol. The molecule has 2 aromatic carbocycles. The van der Waals surface area contributed by atoms with Crippen molar-refractivity contribution in [2.45, 2.75) is 13.5 Å². The molecule has 0 atom stereocenters. The Hall–Kier alpha value is -3.22. The normalized spacial score (nSPS) is 10.5. The number of hydrogen-bond donors (Lipinski definition) is 0. The molecule has 0 unspecified atom stereocenters. The summed E-state index contributed by atoms with van der Waals surface area (Å²) in [5.74, 6) is 0.226.